The van der Waals surface area contributed by atoms with Crippen LogP contribution < -0.4 is 15.6 Å². The number of H-pyrrole nitrogens is 1. The average molecular weight is 486 g/mol. The molecule has 2 aromatic carbocycles. The van der Waals surface area contributed by atoms with E-state index in [1.165, 1.54) is 11.6 Å². The molecule has 0 bridgehead atoms. The largest absolute Gasteiger partial charge is 0.494 e. The van der Waals surface area contributed by atoms with Crippen LogP contribution in [0.5, 0.6) is 5.75 Å². The lowest BCUT2D eigenvalue weighted by Crippen LogP contribution is -2.34. The van der Waals surface area contributed by atoms with Crippen LogP contribution in [0.1, 0.15) is 37.0 Å². The zero-order valence-corrected chi connectivity index (χ0v) is 20.8. The van der Waals surface area contributed by atoms with Gasteiger partial charge in [0.2, 0.25) is 5.89 Å². The van der Waals surface area contributed by atoms with Gasteiger partial charge >= 0.3 is 0 Å². The molecule has 0 atom stereocenters. The molecular weight excluding hydrogens is 458 g/mol. The van der Waals surface area contributed by atoms with Crippen molar-refractivity contribution in [2.75, 3.05) is 13.7 Å². The van der Waals surface area contributed by atoms with E-state index in [0.29, 0.717) is 29.0 Å². The lowest BCUT2D eigenvalue weighted by atomic mass is 9.97. The van der Waals surface area contributed by atoms with Crippen molar-refractivity contribution in [2.24, 2.45) is 5.41 Å². The number of amides is 1. The normalized spacial score (nSPS) is 11.8. The van der Waals surface area contributed by atoms with Crippen LogP contribution in [0.3, 0.4) is 0 Å². The standard InChI is InChI=1S/C27H27N5O4/c1-15-19(16-10-7-6-8-11-16)23-29-22(24(33)28-14-27(2,3)4)20(26(34)32(23)31-15)25-30-21-17(35-5)12-9-13-18(21)36-25/h6-13,31H,14H2,1-5H3,(H,28,33). The van der Waals surface area contributed by atoms with Gasteiger partial charge in [0.15, 0.2) is 16.7 Å². The summed E-state index contributed by atoms with van der Waals surface area (Å²) >= 11 is 0. The predicted molar refractivity (Wildman–Crippen MR) is 137 cm³/mol. The molecule has 3 aromatic heterocycles. The van der Waals surface area contributed by atoms with E-state index in [1.54, 1.807) is 18.2 Å². The maximum atomic E-state index is 13.9. The van der Waals surface area contributed by atoms with Crippen LogP contribution in [0, 0.1) is 12.3 Å². The molecule has 3 heterocycles. The summed E-state index contributed by atoms with van der Waals surface area (Å²) in [5.74, 6) is 0.0138. The van der Waals surface area contributed by atoms with E-state index < -0.39 is 11.5 Å². The van der Waals surface area contributed by atoms with E-state index in [1.807, 2.05) is 58.0 Å². The van der Waals surface area contributed by atoms with E-state index in [9.17, 15) is 9.59 Å². The number of ether oxygens (including phenoxy) is 1. The molecular formula is C27H27N5O4. The molecule has 0 saturated heterocycles. The van der Waals surface area contributed by atoms with Crippen LogP contribution in [0.15, 0.2) is 57.7 Å². The molecule has 9 heteroatoms. The molecule has 0 fully saturated rings. The van der Waals surface area contributed by atoms with Gasteiger partial charge in [-0.15, -0.1) is 0 Å². The van der Waals surface area contributed by atoms with Gasteiger partial charge in [0.25, 0.3) is 11.5 Å². The van der Waals surface area contributed by atoms with Gasteiger partial charge < -0.3 is 14.5 Å². The summed E-state index contributed by atoms with van der Waals surface area (Å²) in [7, 11) is 1.53. The number of fused-ring (bicyclic) bond motifs is 2. The van der Waals surface area contributed by atoms with Crippen molar-refractivity contribution in [3.63, 3.8) is 0 Å². The van der Waals surface area contributed by atoms with Crippen LogP contribution >= 0.6 is 0 Å². The number of hydrogen-bond acceptors (Lipinski definition) is 6. The van der Waals surface area contributed by atoms with Gasteiger partial charge in [-0.3, -0.25) is 14.7 Å². The number of methoxy groups -OCH3 is 1. The minimum atomic E-state index is -0.489. The zero-order valence-electron chi connectivity index (χ0n) is 20.8. The number of oxazole rings is 1. The molecule has 0 radical (unpaired) electrons. The van der Waals surface area contributed by atoms with Crippen molar-refractivity contribution in [1.82, 2.24) is 24.9 Å². The van der Waals surface area contributed by atoms with Crippen molar-refractivity contribution in [1.29, 1.82) is 0 Å². The minimum Gasteiger partial charge on any atom is -0.494 e. The number of aromatic amines is 1. The highest BCUT2D eigenvalue weighted by Crippen LogP contribution is 2.32. The Bertz CT molecular complexity index is 1660. The van der Waals surface area contributed by atoms with Crippen LogP contribution in [-0.4, -0.2) is 39.1 Å². The summed E-state index contributed by atoms with van der Waals surface area (Å²) < 4.78 is 12.7. The lowest BCUT2D eigenvalue weighted by molar-refractivity contribution is 0.0934. The van der Waals surface area contributed by atoms with Gasteiger partial charge in [-0.25, -0.2) is 14.5 Å². The van der Waals surface area contributed by atoms with Gasteiger partial charge in [-0.2, -0.15) is 0 Å². The second-order valence-corrected chi connectivity index (χ2v) is 9.85. The van der Waals surface area contributed by atoms with E-state index in [-0.39, 0.29) is 22.6 Å². The molecule has 1 amide bonds. The number of carbonyl (C=O) groups is 1. The first kappa shape index (κ1) is 23.3. The van der Waals surface area contributed by atoms with Crippen molar-refractivity contribution >= 4 is 22.7 Å². The molecule has 5 aromatic rings. The maximum Gasteiger partial charge on any atom is 0.286 e. The molecule has 9 nitrogen and oxygen atoms in total. The number of aryl methyl sites for hydroxylation is 1. The summed E-state index contributed by atoms with van der Waals surface area (Å²) in [6.07, 6.45) is 0. The number of nitrogens with one attached hydrogen (secondary N) is 2. The van der Waals surface area contributed by atoms with Crippen LogP contribution in [0.4, 0.5) is 0 Å². The van der Waals surface area contributed by atoms with E-state index in [4.69, 9.17) is 14.1 Å². The summed E-state index contributed by atoms with van der Waals surface area (Å²) in [6.45, 7) is 8.28. The topological polar surface area (TPSA) is 115 Å². The smallest absolute Gasteiger partial charge is 0.286 e. The van der Waals surface area contributed by atoms with E-state index in [2.05, 4.69) is 15.4 Å². The molecule has 0 unspecified atom stereocenters. The monoisotopic (exact) mass is 485 g/mol. The third-order valence-corrected chi connectivity index (χ3v) is 5.83. The molecule has 0 aliphatic heterocycles. The van der Waals surface area contributed by atoms with E-state index >= 15 is 0 Å². The number of carbonyl (C=O) groups excluding carboxylic acids is 1. The highest BCUT2D eigenvalue weighted by atomic mass is 16.5. The first-order valence-corrected chi connectivity index (χ1v) is 11.6. The molecule has 5 rings (SSSR count). The summed E-state index contributed by atoms with van der Waals surface area (Å²) in [5, 5.41) is 6.01. The Morgan fingerprint density at radius 1 is 1.08 bits per heavy atom. The van der Waals surface area contributed by atoms with Crippen LogP contribution in [0.25, 0.3) is 39.3 Å². The summed E-state index contributed by atoms with van der Waals surface area (Å²) in [6, 6.07) is 14.8. The Kier molecular flexibility index (Phi) is 5.62. The minimum absolute atomic E-state index is 0.00387. The number of benzene rings is 2. The SMILES string of the molecule is COc1cccc2oc(-c3c(C(=O)NCC(C)(C)C)nc4c(-c5ccccc5)c(C)[nH]n4c3=O)nc12. The Labute approximate surface area is 207 Å². The fraction of sp³-hybridized carbons (Fsp3) is 0.259. The lowest BCUT2D eigenvalue weighted by Gasteiger charge is -2.18. The number of hydrogen-bond donors (Lipinski definition) is 2. The Hall–Kier alpha value is -4.40. The molecule has 0 saturated carbocycles. The number of nitrogens with zero attached hydrogens (tertiary/aromatic N) is 3. The van der Waals surface area contributed by atoms with Gasteiger partial charge in [0, 0.05) is 17.8 Å². The van der Waals surface area contributed by atoms with Crippen LogP contribution in [-0.2, 0) is 0 Å². The van der Waals surface area contributed by atoms with Gasteiger partial charge in [0.1, 0.15) is 17.0 Å². The number of para-hydroxylation sites is 1. The quantitative estimate of drug-likeness (QED) is 0.376. The predicted octanol–water partition coefficient (Wildman–Crippen LogP) is 4.59. The first-order valence-electron chi connectivity index (χ1n) is 11.6. The van der Waals surface area contributed by atoms with Gasteiger partial charge in [-0.1, -0.05) is 57.2 Å². The third kappa shape index (κ3) is 4.02. The molecule has 0 aliphatic carbocycles. The summed E-state index contributed by atoms with van der Waals surface area (Å²) in [5.41, 5.74) is 2.85. The molecule has 2 N–H and O–H groups in total. The second-order valence-electron chi connectivity index (χ2n) is 9.85. The van der Waals surface area contributed by atoms with Crippen molar-refractivity contribution < 1.29 is 13.9 Å². The van der Waals surface area contributed by atoms with Crippen LogP contribution in [0.2, 0.25) is 0 Å². The summed E-state index contributed by atoms with van der Waals surface area (Å²) in [4.78, 5) is 36.5. The fourth-order valence-corrected chi connectivity index (χ4v) is 4.12. The van der Waals surface area contributed by atoms with Crippen molar-refractivity contribution in [2.45, 2.75) is 27.7 Å². The third-order valence-electron chi connectivity index (χ3n) is 5.83. The Morgan fingerprint density at radius 2 is 1.83 bits per heavy atom. The average Bonchev–Trinajstić information content (AvgIpc) is 3.43. The molecule has 184 valence electrons. The Morgan fingerprint density at radius 3 is 2.53 bits per heavy atom. The zero-order chi connectivity index (χ0) is 25.6. The fourth-order valence-electron chi connectivity index (χ4n) is 4.12. The van der Waals surface area contributed by atoms with Gasteiger partial charge in [-0.05, 0) is 30.0 Å². The van der Waals surface area contributed by atoms with Crippen molar-refractivity contribution in [3.05, 3.63) is 70.3 Å². The maximum absolute atomic E-state index is 13.9. The molecule has 36 heavy (non-hydrogen) atoms. The van der Waals surface area contributed by atoms with E-state index in [0.717, 1.165) is 16.8 Å². The highest BCUT2D eigenvalue weighted by Gasteiger charge is 2.28. The van der Waals surface area contributed by atoms with Crippen molar-refractivity contribution in [3.8, 4) is 28.3 Å². The first-order chi connectivity index (χ1) is 17.2. The second kappa shape index (κ2) is 8.67. The highest BCUT2D eigenvalue weighted by molar-refractivity contribution is 5.99. The molecule has 0 aliphatic rings. The number of rotatable bonds is 5. The molecule has 0 spiro atoms. The van der Waals surface area contributed by atoms with Gasteiger partial charge in [0.05, 0.1) is 7.11 Å². The number of aromatic nitrogens is 4. The Balaban J connectivity index is 1.79.